The number of hydrogen-bond acceptors (Lipinski definition) is 2. The molecule has 4 nitrogen and oxygen atoms in total. The van der Waals surface area contributed by atoms with Crippen LogP contribution in [0.1, 0.15) is 6.42 Å². The topological polar surface area (TPSA) is 66.4 Å². The molecular weight excluding hydrogens is 194 g/mol. The molecule has 78 valence electrons. The summed E-state index contributed by atoms with van der Waals surface area (Å²) >= 11 is 0. The molecule has 0 bridgehead atoms. The highest BCUT2D eigenvalue weighted by Crippen LogP contribution is 2.04. The number of para-hydroxylation sites is 1. The van der Waals surface area contributed by atoms with Crippen molar-refractivity contribution >= 4 is 17.6 Å². The molecule has 15 heavy (non-hydrogen) atoms. The van der Waals surface area contributed by atoms with Gasteiger partial charge in [-0.15, -0.1) is 0 Å². The van der Waals surface area contributed by atoms with Crippen molar-refractivity contribution in [3.63, 3.8) is 0 Å². The summed E-state index contributed by atoms with van der Waals surface area (Å²) in [7, 11) is 0. The van der Waals surface area contributed by atoms with Crippen LogP contribution in [-0.2, 0) is 9.59 Å². The summed E-state index contributed by atoms with van der Waals surface area (Å²) in [5, 5.41) is 10.9. The minimum Gasteiger partial charge on any atom is -0.481 e. The highest BCUT2D eigenvalue weighted by atomic mass is 16.4. The molecule has 0 atom stereocenters. The molecule has 0 heterocycles. The van der Waals surface area contributed by atoms with Crippen LogP contribution < -0.4 is 5.32 Å². The normalized spacial score (nSPS) is 10.1. The van der Waals surface area contributed by atoms with Gasteiger partial charge in [-0.05, 0) is 18.2 Å². The Hall–Kier alpha value is -2.10. The summed E-state index contributed by atoms with van der Waals surface area (Å²) in [5.41, 5.74) is 0.683. The van der Waals surface area contributed by atoms with Gasteiger partial charge in [0.05, 0.1) is 6.42 Å². The summed E-state index contributed by atoms with van der Waals surface area (Å²) in [6.07, 6.45) is 2.37. The van der Waals surface area contributed by atoms with Gasteiger partial charge in [0.15, 0.2) is 0 Å². The van der Waals surface area contributed by atoms with Gasteiger partial charge < -0.3 is 10.4 Å². The third-order valence-electron chi connectivity index (χ3n) is 1.60. The first kappa shape index (κ1) is 11.0. The van der Waals surface area contributed by atoms with Gasteiger partial charge in [0.25, 0.3) is 0 Å². The highest BCUT2D eigenvalue weighted by Gasteiger charge is 1.96. The van der Waals surface area contributed by atoms with Crippen molar-refractivity contribution in [1.82, 2.24) is 0 Å². The molecule has 0 spiro atoms. The molecule has 0 saturated heterocycles. The number of carbonyl (C=O) groups is 2. The van der Waals surface area contributed by atoms with E-state index in [4.69, 9.17) is 5.11 Å². The highest BCUT2D eigenvalue weighted by molar-refractivity contribution is 5.99. The average Bonchev–Trinajstić information content (AvgIpc) is 2.18. The quantitative estimate of drug-likeness (QED) is 0.734. The molecule has 0 aliphatic heterocycles. The first-order chi connectivity index (χ1) is 7.18. The molecule has 2 N–H and O–H groups in total. The summed E-state index contributed by atoms with van der Waals surface area (Å²) < 4.78 is 0. The van der Waals surface area contributed by atoms with E-state index in [-0.39, 0.29) is 12.3 Å². The van der Waals surface area contributed by atoms with Crippen molar-refractivity contribution in [1.29, 1.82) is 0 Å². The van der Waals surface area contributed by atoms with Crippen molar-refractivity contribution in [2.75, 3.05) is 5.32 Å². The smallest absolute Gasteiger partial charge is 0.307 e. The first-order valence-electron chi connectivity index (χ1n) is 4.43. The molecule has 0 unspecified atom stereocenters. The predicted octanol–water partition coefficient (Wildman–Crippen LogP) is 1.66. The number of nitrogens with one attached hydrogen (secondary N) is 1. The summed E-state index contributed by atoms with van der Waals surface area (Å²) in [4.78, 5) is 21.4. The van der Waals surface area contributed by atoms with Gasteiger partial charge in [-0.25, -0.2) is 0 Å². The summed E-state index contributed by atoms with van der Waals surface area (Å²) in [5.74, 6) is -1.29. The van der Waals surface area contributed by atoms with Crippen molar-refractivity contribution in [3.05, 3.63) is 42.5 Å². The lowest BCUT2D eigenvalue weighted by Crippen LogP contribution is -2.07. The Bertz CT molecular complexity index is 371. The van der Waals surface area contributed by atoms with E-state index >= 15 is 0 Å². The number of amides is 1. The maximum atomic E-state index is 11.2. The van der Waals surface area contributed by atoms with E-state index in [2.05, 4.69) is 5.32 Å². The lowest BCUT2D eigenvalue weighted by atomic mass is 10.3. The van der Waals surface area contributed by atoms with Crippen LogP contribution >= 0.6 is 0 Å². The van der Waals surface area contributed by atoms with Gasteiger partial charge in [-0.1, -0.05) is 24.3 Å². The van der Waals surface area contributed by atoms with Crippen LogP contribution in [-0.4, -0.2) is 17.0 Å². The zero-order chi connectivity index (χ0) is 11.1. The largest absolute Gasteiger partial charge is 0.481 e. The maximum absolute atomic E-state index is 11.2. The Kier molecular flexibility index (Phi) is 4.09. The van der Waals surface area contributed by atoms with Gasteiger partial charge in [0.1, 0.15) is 0 Å². The molecular formula is C11H11NO3. The second kappa shape index (κ2) is 5.59. The minimum absolute atomic E-state index is 0.151. The minimum atomic E-state index is -0.959. The first-order valence-corrected chi connectivity index (χ1v) is 4.43. The van der Waals surface area contributed by atoms with E-state index in [1.807, 2.05) is 6.07 Å². The second-order valence-electron chi connectivity index (χ2n) is 2.86. The maximum Gasteiger partial charge on any atom is 0.307 e. The van der Waals surface area contributed by atoms with Crippen LogP contribution in [0.3, 0.4) is 0 Å². The fraction of sp³-hybridized carbons (Fsp3) is 0.0909. The van der Waals surface area contributed by atoms with E-state index in [1.165, 1.54) is 12.2 Å². The molecule has 1 rings (SSSR count). The van der Waals surface area contributed by atoms with Crippen molar-refractivity contribution in [2.24, 2.45) is 0 Å². The van der Waals surface area contributed by atoms with Crippen LogP contribution in [0, 0.1) is 0 Å². The van der Waals surface area contributed by atoms with Crippen LogP contribution in [0.25, 0.3) is 0 Å². The zero-order valence-corrected chi connectivity index (χ0v) is 8.01. The third kappa shape index (κ3) is 4.61. The molecule has 1 aromatic rings. The fourth-order valence-corrected chi connectivity index (χ4v) is 0.972. The van der Waals surface area contributed by atoms with Gasteiger partial charge in [-0.2, -0.15) is 0 Å². The van der Waals surface area contributed by atoms with Gasteiger partial charge in [0, 0.05) is 5.69 Å². The van der Waals surface area contributed by atoms with E-state index in [0.717, 1.165) is 0 Å². The number of anilines is 1. The monoisotopic (exact) mass is 205 g/mol. The molecule has 0 aliphatic carbocycles. The van der Waals surface area contributed by atoms with E-state index in [0.29, 0.717) is 5.69 Å². The van der Waals surface area contributed by atoms with Crippen molar-refractivity contribution in [3.8, 4) is 0 Å². The molecule has 0 fully saturated rings. The van der Waals surface area contributed by atoms with Crippen LogP contribution in [0.2, 0.25) is 0 Å². The zero-order valence-electron chi connectivity index (χ0n) is 8.01. The van der Waals surface area contributed by atoms with E-state index < -0.39 is 5.97 Å². The Labute approximate surface area is 87.2 Å². The van der Waals surface area contributed by atoms with Crippen molar-refractivity contribution < 1.29 is 14.7 Å². The molecule has 0 saturated carbocycles. The Morgan fingerprint density at radius 2 is 1.93 bits per heavy atom. The summed E-state index contributed by atoms with van der Waals surface area (Å²) in [6, 6.07) is 8.95. The molecule has 0 aromatic heterocycles. The number of carboxylic acid groups (broad SMARTS) is 1. The number of carboxylic acids is 1. The van der Waals surface area contributed by atoms with Crippen LogP contribution in [0.15, 0.2) is 42.5 Å². The molecule has 4 heteroatoms. The van der Waals surface area contributed by atoms with E-state index in [1.54, 1.807) is 24.3 Å². The van der Waals surface area contributed by atoms with Crippen LogP contribution in [0.5, 0.6) is 0 Å². The average molecular weight is 205 g/mol. The number of aliphatic carboxylic acids is 1. The Morgan fingerprint density at radius 3 is 2.53 bits per heavy atom. The molecule has 1 aromatic carbocycles. The molecule has 0 radical (unpaired) electrons. The Morgan fingerprint density at radius 1 is 1.27 bits per heavy atom. The lowest BCUT2D eigenvalue weighted by Gasteiger charge is -1.99. The molecule has 0 aliphatic rings. The SMILES string of the molecule is O=C(O)CC=CC(=O)Nc1ccccc1. The van der Waals surface area contributed by atoms with Gasteiger partial charge in [0.2, 0.25) is 5.91 Å². The number of carbonyl (C=O) groups excluding carboxylic acids is 1. The van der Waals surface area contributed by atoms with Gasteiger partial charge >= 0.3 is 5.97 Å². The van der Waals surface area contributed by atoms with Crippen LogP contribution in [0.4, 0.5) is 5.69 Å². The predicted molar refractivity (Wildman–Crippen MR) is 56.5 cm³/mol. The standard InChI is InChI=1S/C11H11NO3/c13-10(7-4-8-11(14)15)12-9-5-2-1-3-6-9/h1-7H,8H2,(H,12,13)(H,14,15). The van der Waals surface area contributed by atoms with E-state index in [9.17, 15) is 9.59 Å². The number of rotatable bonds is 4. The summed E-state index contributed by atoms with van der Waals surface area (Å²) in [6.45, 7) is 0. The lowest BCUT2D eigenvalue weighted by molar-refractivity contribution is -0.135. The Balaban J connectivity index is 2.43. The third-order valence-corrected chi connectivity index (χ3v) is 1.60. The number of benzene rings is 1. The number of hydrogen-bond donors (Lipinski definition) is 2. The molecule has 1 amide bonds. The fourth-order valence-electron chi connectivity index (χ4n) is 0.972. The van der Waals surface area contributed by atoms with Gasteiger partial charge in [-0.3, -0.25) is 9.59 Å². The van der Waals surface area contributed by atoms with Crippen molar-refractivity contribution in [2.45, 2.75) is 6.42 Å². The second-order valence-corrected chi connectivity index (χ2v) is 2.86.